The molecule has 31 heavy (non-hydrogen) atoms. The quantitative estimate of drug-likeness (QED) is 0.461. The third-order valence-corrected chi connectivity index (χ3v) is 4.60. The van der Waals surface area contributed by atoms with Gasteiger partial charge in [0.05, 0.1) is 35.6 Å². The van der Waals surface area contributed by atoms with Crippen LogP contribution in [0.3, 0.4) is 0 Å². The lowest BCUT2D eigenvalue weighted by atomic mass is 10.1. The van der Waals surface area contributed by atoms with Crippen molar-refractivity contribution in [2.24, 2.45) is 4.99 Å². The molecular formula is C20H24N8O3. The van der Waals surface area contributed by atoms with Gasteiger partial charge in [0.25, 0.3) is 11.8 Å². The number of carbonyl (C=O) groups is 2. The lowest BCUT2D eigenvalue weighted by molar-refractivity contribution is -0.114. The Balaban J connectivity index is 1.92. The molecule has 11 heteroatoms. The molecule has 11 nitrogen and oxygen atoms in total. The second-order valence-corrected chi connectivity index (χ2v) is 6.74. The number of hydrogen-bond acceptors (Lipinski definition) is 9. The summed E-state index contributed by atoms with van der Waals surface area (Å²) < 4.78 is 5.69. The Morgan fingerprint density at radius 1 is 1.32 bits per heavy atom. The number of nitrogens with one attached hydrogen (secondary N) is 4. The van der Waals surface area contributed by atoms with E-state index in [9.17, 15) is 9.59 Å². The molecule has 0 aliphatic carbocycles. The maximum Gasteiger partial charge on any atom is 0.272 e. The maximum atomic E-state index is 13.1. The summed E-state index contributed by atoms with van der Waals surface area (Å²) in [6.45, 7) is 0.646. The fourth-order valence-electron chi connectivity index (χ4n) is 3.08. The molecule has 4 N–H and O–H groups in total. The highest BCUT2D eigenvalue weighted by molar-refractivity contribution is 6.42. The number of nitrogens with zero attached hydrogens (tertiary/aromatic N) is 4. The number of rotatable bonds is 8. The minimum Gasteiger partial charge on any atom is -0.372 e. The number of hydrogen-bond donors (Lipinski definition) is 4. The SMILES string of the molecule is CN=CC(NC(=O)c1nc(C2CCCO2)ccc1Nc1cncnc1)C(=N)C(=O)NC. The average molecular weight is 424 g/mol. The molecule has 0 aromatic carbocycles. The smallest absolute Gasteiger partial charge is 0.272 e. The molecule has 2 amide bonds. The summed E-state index contributed by atoms with van der Waals surface area (Å²) in [6.07, 6.45) is 7.41. The molecule has 0 bridgehead atoms. The van der Waals surface area contributed by atoms with E-state index in [1.165, 1.54) is 26.6 Å². The van der Waals surface area contributed by atoms with Crippen molar-refractivity contribution in [2.75, 3.05) is 26.0 Å². The molecule has 3 rings (SSSR count). The molecule has 0 spiro atoms. The highest BCUT2D eigenvalue weighted by Crippen LogP contribution is 2.29. The third-order valence-electron chi connectivity index (χ3n) is 4.60. The minimum atomic E-state index is -1.02. The summed E-state index contributed by atoms with van der Waals surface area (Å²) >= 11 is 0. The van der Waals surface area contributed by atoms with Gasteiger partial charge in [0.1, 0.15) is 18.1 Å². The number of pyridine rings is 1. The summed E-state index contributed by atoms with van der Waals surface area (Å²) in [6, 6.07) is 2.52. The Labute approximate surface area is 179 Å². The number of ether oxygens (including phenoxy) is 1. The van der Waals surface area contributed by atoms with E-state index in [4.69, 9.17) is 10.1 Å². The molecule has 2 aromatic rings. The zero-order chi connectivity index (χ0) is 22.2. The van der Waals surface area contributed by atoms with Gasteiger partial charge in [0.2, 0.25) is 0 Å². The first-order valence-electron chi connectivity index (χ1n) is 9.71. The number of aliphatic imine (C=N–C) groups is 1. The molecule has 1 aliphatic heterocycles. The first-order valence-corrected chi connectivity index (χ1v) is 9.71. The molecule has 2 unspecified atom stereocenters. The summed E-state index contributed by atoms with van der Waals surface area (Å²) in [4.78, 5) is 41.3. The first-order chi connectivity index (χ1) is 15.0. The number of aromatic nitrogens is 3. The van der Waals surface area contributed by atoms with Gasteiger partial charge in [0.15, 0.2) is 5.69 Å². The van der Waals surface area contributed by atoms with E-state index >= 15 is 0 Å². The van der Waals surface area contributed by atoms with Crippen LogP contribution in [-0.4, -0.2) is 65.4 Å². The third kappa shape index (κ3) is 5.45. The topological polar surface area (TPSA) is 154 Å². The van der Waals surface area contributed by atoms with Gasteiger partial charge in [-0.15, -0.1) is 0 Å². The highest BCUT2D eigenvalue weighted by atomic mass is 16.5. The van der Waals surface area contributed by atoms with E-state index in [1.807, 2.05) is 0 Å². The van der Waals surface area contributed by atoms with Gasteiger partial charge in [-0.1, -0.05) is 0 Å². The van der Waals surface area contributed by atoms with E-state index < -0.39 is 17.9 Å². The van der Waals surface area contributed by atoms with Gasteiger partial charge in [-0.3, -0.25) is 20.0 Å². The molecular weight excluding hydrogens is 400 g/mol. The van der Waals surface area contributed by atoms with Crippen molar-refractivity contribution in [3.8, 4) is 0 Å². The predicted octanol–water partition coefficient (Wildman–Crippen LogP) is 1.03. The van der Waals surface area contributed by atoms with Crippen LogP contribution in [-0.2, 0) is 9.53 Å². The molecule has 0 saturated carbocycles. The zero-order valence-corrected chi connectivity index (χ0v) is 17.3. The van der Waals surface area contributed by atoms with Crippen LogP contribution in [0.2, 0.25) is 0 Å². The minimum absolute atomic E-state index is 0.0936. The average Bonchev–Trinajstić information content (AvgIpc) is 3.33. The molecule has 3 heterocycles. The normalized spacial score (nSPS) is 16.6. The number of amides is 2. The summed E-state index contributed by atoms with van der Waals surface area (Å²) in [5.74, 6) is -1.19. The second kappa shape index (κ2) is 10.3. The van der Waals surface area contributed by atoms with Crippen LogP contribution in [0.5, 0.6) is 0 Å². The van der Waals surface area contributed by atoms with E-state index in [0.29, 0.717) is 23.7 Å². The molecule has 2 aromatic heterocycles. The fraction of sp³-hybridized carbons (Fsp3) is 0.350. The molecule has 162 valence electrons. The van der Waals surface area contributed by atoms with Crippen LogP contribution in [0.4, 0.5) is 11.4 Å². The van der Waals surface area contributed by atoms with Crippen molar-refractivity contribution in [1.82, 2.24) is 25.6 Å². The summed E-state index contributed by atoms with van der Waals surface area (Å²) in [7, 11) is 2.91. The van der Waals surface area contributed by atoms with Crippen molar-refractivity contribution < 1.29 is 14.3 Å². The summed E-state index contributed by atoms with van der Waals surface area (Å²) in [5.41, 5.74) is 1.39. The Hall–Kier alpha value is -3.73. The predicted molar refractivity (Wildman–Crippen MR) is 115 cm³/mol. The number of carbonyl (C=O) groups excluding carboxylic acids is 2. The molecule has 1 aliphatic rings. The Bertz CT molecular complexity index is 974. The van der Waals surface area contributed by atoms with Gasteiger partial charge in [0, 0.05) is 26.9 Å². The standard InChI is InChI=1S/C20H24N8O3/c1-22-10-15(17(21)19(29)23-2)28-20(30)18-14(26-12-8-24-11-25-9-12)6-5-13(27-18)16-4-3-7-31-16/h5-6,8-11,15-16,21,26H,3-4,7H2,1-2H3,(H,23,29)(H,28,30). The van der Waals surface area contributed by atoms with Crippen molar-refractivity contribution in [2.45, 2.75) is 25.0 Å². The van der Waals surface area contributed by atoms with Crippen LogP contribution in [0.25, 0.3) is 0 Å². The van der Waals surface area contributed by atoms with Crippen LogP contribution in [0.1, 0.15) is 35.1 Å². The lowest BCUT2D eigenvalue weighted by Gasteiger charge is -2.18. The van der Waals surface area contributed by atoms with E-state index in [1.54, 1.807) is 24.5 Å². The van der Waals surface area contributed by atoms with Gasteiger partial charge >= 0.3 is 0 Å². The van der Waals surface area contributed by atoms with Gasteiger partial charge in [-0.25, -0.2) is 15.0 Å². The molecule has 1 fully saturated rings. The molecule has 0 radical (unpaired) electrons. The van der Waals surface area contributed by atoms with E-state index in [2.05, 4.69) is 35.9 Å². The first kappa shape index (κ1) is 22.0. The van der Waals surface area contributed by atoms with E-state index in [0.717, 1.165) is 12.8 Å². The summed E-state index contributed by atoms with van der Waals surface area (Å²) in [5, 5.41) is 16.1. The van der Waals surface area contributed by atoms with Crippen LogP contribution < -0.4 is 16.0 Å². The largest absolute Gasteiger partial charge is 0.372 e. The van der Waals surface area contributed by atoms with Crippen LogP contribution in [0.15, 0.2) is 35.8 Å². The zero-order valence-electron chi connectivity index (χ0n) is 17.3. The Morgan fingerprint density at radius 2 is 2.10 bits per heavy atom. The van der Waals surface area contributed by atoms with Gasteiger partial charge < -0.3 is 20.7 Å². The fourth-order valence-corrected chi connectivity index (χ4v) is 3.08. The Kier molecular flexibility index (Phi) is 7.33. The van der Waals surface area contributed by atoms with Crippen molar-refractivity contribution in [3.63, 3.8) is 0 Å². The molecule has 1 saturated heterocycles. The van der Waals surface area contributed by atoms with Gasteiger partial charge in [-0.2, -0.15) is 0 Å². The van der Waals surface area contributed by atoms with Crippen LogP contribution in [0, 0.1) is 5.41 Å². The second-order valence-electron chi connectivity index (χ2n) is 6.74. The van der Waals surface area contributed by atoms with E-state index in [-0.39, 0.29) is 17.5 Å². The van der Waals surface area contributed by atoms with Crippen molar-refractivity contribution >= 4 is 35.1 Å². The molecule has 2 atom stereocenters. The highest BCUT2D eigenvalue weighted by Gasteiger charge is 2.26. The van der Waals surface area contributed by atoms with Crippen molar-refractivity contribution in [3.05, 3.63) is 42.2 Å². The van der Waals surface area contributed by atoms with Crippen molar-refractivity contribution in [1.29, 1.82) is 5.41 Å². The lowest BCUT2D eigenvalue weighted by Crippen LogP contribution is -2.47. The van der Waals surface area contributed by atoms with Crippen LogP contribution >= 0.6 is 0 Å². The Morgan fingerprint density at radius 3 is 2.74 bits per heavy atom. The maximum absolute atomic E-state index is 13.1. The van der Waals surface area contributed by atoms with Gasteiger partial charge in [-0.05, 0) is 25.0 Å². The monoisotopic (exact) mass is 424 g/mol. The number of anilines is 2.